The summed E-state index contributed by atoms with van der Waals surface area (Å²) in [7, 11) is -2.47. The summed E-state index contributed by atoms with van der Waals surface area (Å²) in [5.41, 5.74) is 1.30. The van der Waals surface area contributed by atoms with Crippen molar-refractivity contribution in [1.29, 1.82) is 0 Å². The number of ketones is 1. The molecule has 0 spiro atoms. The molecule has 2 aromatic rings. The van der Waals surface area contributed by atoms with Crippen molar-refractivity contribution in [3.63, 3.8) is 0 Å². The van der Waals surface area contributed by atoms with E-state index < -0.39 is 16.1 Å². The Hall–Kier alpha value is -2.55. The van der Waals surface area contributed by atoms with Crippen LogP contribution < -0.4 is 0 Å². The quantitative estimate of drug-likeness (QED) is 0.662. The molecule has 1 amide bonds. The maximum atomic E-state index is 12.8. The van der Waals surface area contributed by atoms with Gasteiger partial charge in [-0.25, -0.2) is 8.42 Å². The molecule has 1 N–H and O–H groups in total. The highest BCUT2D eigenvalue weighted by atomic mass is 32.2. The molecule has 2 aromatic carbocycles. The molecule has 1 aliphatic heterocycles. The lowest BCUT2D eigenvalue weighted by atomic mass is 9.87. The molecule has 0 radical (unpaired) electrons. The number of carbonyl (C=O) groups is 2. The van der Waals surface area contributed by atoms with Crippen molar-refractivity contribution in [3.8, 4) is 0 Å². The number of carbonyl (C=O) groups excluding carboxylic acids is 2. The van der Waals surface area contributed by atoms with E-state index in [1.807, 2.05) is 30.3 Å². The summed E-state index contributed by atoms with van der Waals surface area (Å²) in [6.45, 7) is 2.11. The summed E-state index contributed by atoms with van der Waals surface area (Å²) in [4.78, 5) is 25.8. The maximum absolute atomic E-state index is 12.8. The highest BCUT2D eigenvalue weighted by molar-refractivity contribution is 7.89. The van der Waals surface area contributed by atoms with Crippen LogP contribution in [0.1, 0.15) is 41.8 Å². The molecule has 1 heterocycles. The minimum absolute atomic E-state index is 0.0393. The fourth-order valence-corrected chi connectivity index (χ4v) is 4.92. The first-order chi connectivity index (χ1) is 14.7. The van der Waals surface area contributed by atoms with Gasteiger partial charge in [0.25, 0.3) is 0 Å². The second-order valence-corrected chi connectivity index (χ2v) is 9.96. The van der Waals surface area contributed by atoms with Crippen LogP contribution in [-0.2, 0) is 14.8 Å². The Labute approximate surface area is 183 Å². The number of benzene rings is 2. The summed E-state index contributed by atoms with van der Waals surface area (Å²) < 4.78 is 26.6. The van der Waals surface area contributed by atoms with Crippen molar-refractivity contribution < 1.29 is 23.1 Å². The first-order valence-electron chi connectivity index (χ1n) is 10.3. The van der Waals surface area contributed by atoms with Crippen LogP contribution >= 0.6 is 0 Å². The number of aliphatic hydroxyl groups is 1. The molecule has 0 aliphatic carbocycles. The van der Waals surface area contributed by atoms with Crippen LogP contribution in [0.2, 0.25) is 0 Å². The first-order valence-corrected chi connectivity index (χ1v) is 11.7. The van der Waals surface area contributed by atoms with Gasteiger partial charge in [0.05, 0.1) is 17.5 Å². The van der Waals surface area contributed by atoms with Gasteiger partial charge in [0.15, 0.2) is 5.78 Å². The molecule has 166 valence electrons. The lowest BCUT2D eigenvalue weighted by Crippen LogP contribution is -2.45. The summed E-state index contributed by atoms with van der Waals surface area (Å²) in [6.07, 6.45) is 0.745. The Morgan fingerprint density at radius 2 is 1.65 bits per heavy atom. The number of nitrogens with zero attached hydrogens (tertiary/aromatic N) is 2. The highest BCUT2D eigenvalue weighted by Crippen LogP contribution is 2.30. The van der Waals surface area contributed by atoms with Crippen molar-refractivity contribution in [2.24, 2.45) is 5.92 Å². The fourth-order valence-electron chi connectivity index (χ4n) is 3.80. The molecule has 1 atom stereocenters. The molecule has 1 aliphatic rings. The lowest BCUT2D eigenvalue weighted by Gasteiger charge is -2.35. The first kappa shape index (κ1) is 23.1. The molecule has 0 bridgehead atoms. The SMILES string of the molecule is CC(=O)c1ccc(S(=O)(=O)N(C)CC(=O)N2CCC(C(O)c3ccccc3)CC2)cc1. The van der Waals surface area contributed by atoms with Gasteiger partial charge in [-0.2, -0.15) is 4.31 Å². The van der Waals surface area contributed by atoms with Gasteiger partial charge in [-0.1, -0.05) is 42.5 Å². The van der Waals surface area contributed by atoms with Crippen LogP contribution in [-0.4, -0.2) is 61.1 Å². The second-order valence-electron chi connectivity index (χ2n) is 7.92. The maximum Gasteiger partial charge on any atom is 0.243 e. The molecule has 8 heteroatoms. The molecular formula is C23H28N2O5S. The van der Waals surface area contributed by atoms with Crippen LogP contribution in [0.25, 0.3) is 0 Å². The smallest absolute Gasteiger partial charge is 0.243 e. The number of sulfonamides is 1. The van der Waals surface area contributed by atoms with Crippen LogP contribution in [0.4, 0.5) is 0 Å². The van der Waals surface area contributed by atoms with E-state index in [1.54, 1.807) is 4.90 Å². The van der Waals surface area contributed by atoms with Crippen molar-refractivity contribution in [2.45, 2.75) is 30.8 Å². The van der Waals surface area contributed by atoms with E-state index in [4.69, 9.17) is 0 Å². The van der Waals surface area contributed by atoms with Gasteiger partial charge in [-0.3, -0.25) is 9.59 Å². The van der Waals surface area contributed by atoms with Crippen LogP contribution in [0, 0.1) is 5.92 Å². The monoisotopic (exact) mass is 444 g/mol. The average molecular weight is 445 g/mol. The van der Waals surface area contributed by atoms with Crippen LogP contribution in [0.3, 0.4) is 0 Å². The summed E-state index contributed by atoms with van der Waals surface area (Å²) in [6, 6.07) is 15.2. The van der Waals surface area contributed by atoms with Crippen molar-refractivity contribution in [3.05, 3.63) is 65.7 Å². The van der Waals surface area contributed by atoms with E-state index in [0.29, 0.717) is 31.5 Å². The molecule has 1 unspecified atom stereocenters. The largest absolute Gasteiger partial charge is 0.388 e. The molecule has 3 rings (SSSR count). The van der Waals surface area contributed by atoms with Gasteiger partial charge in [0, 0.05) is 25.7 Å². The molecule has 0 aromatic heterocycles. The Kier molecular flexibility index (Phi) is 7.25. The second kappa shape index (κ2) is 9.72. The number of amides is 1. The van der Waals surface area contributed by atoms with Crippen LogP contribution in [0.15, 0.2) is 59.5 Å². The van der Waals surface area contributed by atoms with E-state index in [-0.39, 0.29) is 29.0 Å². The van der Waals surface area contributed by atoms with E-state index >= 15 is 0 Å². The summed E-state index contributed by atoms with van der Waals surface area (Å²) in [5.74, 6) is -0.347. The number of Topliss-reactive ketones (excluding diaryl/α,β-unsaturated/α-hetero) is 1. The van der Waals surface area contributed by atoms with Crippen molar-refractivity contribution in [2.75, 3.05) is 26.7 Å². The van der Waals surface area contributed by atoms with Gasteiger partial charge in [-0.15, -0.1) is 0 Å². The zero-order chi connectivity index (χ0) is 22.6. The van der Waals surface area contributed by atoms with E-state index in [1.165, 1.54) is 38.2 Å². The number of aliphatic hydroxyl groups excluding tert-OH is 1. The lowest BCUT2D eigenvalue weighted by molar-refractivity contribution is -0.133. The Bertz CT molecular complexity index is 1010. The highest BCUT2D eigenvalue weighted by Gasteiger charge is 2.30. The fraction of sp³-hybridized carbons (Fsp3) is 0.391. The number of likely N-dealkylation sites (tertiary alicyclic amines) is 1. The molecule has 1 saturated heterocycles. The standard InChI is InChI=1S/C23H28N2O5S/c1-17(26)18-8-10-21(11-9-18)31(29,30)24(2)16-22(27)25-14-12-20(13-15-25)23(28)19-6-4-3-5-7-19/h3-11,20,23,28H,12-16H2,1-2H3. The Morgan fingerprint density at radius 3 is 2.19 bits per heavy atom. The van der Waals surface area contributed by atoms with E-state index in [0.717, 1.165) is 9.87 Å². The predicted molar refractivity (Wildman–Crippen MR) is 117 cm³/mol. The zero-order valence-electron chi connectivity index (χ0n) is 17.8. The topological polar surface area (TPSA) is 95.0 Å². The number of hydrogen-bond acceptors (Lipinski definition) is 5. The molecule has 1 fully saturated rings. The van der Waals surface area contributed by atoms with Crippen molar-refractivity contribution in [1.82, 2.24) is 9.21 Å². The number of piperidine rings is 1. The normalized spacial score (nSPS) is 16.3. The van der Waals surface area contributed by atoms with Gasteiger partial charge in [-0.05, 0) is 43.4 Å². The summed E-state index contributed by atoms with van der Waals surface area (Å²) >= 11 is 0. The minimum Gasteiger partial charge on any atom is -0.388 e. The molecular weight excluding hydrogens is 416 g/mol. The van der Waals surface area contributed by atoms with Gasteiger partial charge >= 0.3 is 0 Å². The molecule has 7 nitrogen and oxygen atoms in total. The third-order valence-electron chi connectivity index (χ3n) is 5.81. The van der Waals surface area contributed by atoms with Gasteiger partial charge < -0.3 is 10.0 Å². The van der Waals surface area contributed by atoms with Crippen molar-refractivity contribution >= 4 is 21.7 Å². The minimum atomic E-state index is -3.84. The van der Waals surface area contributed by atoms with Crippen LogP contribution in [0.5, 0.6) is 0 Å². The van der Waals surface area contributed by atoms with E-state index in [9.17, 15) is 23.1 Å². The van der Waals surface area contributed by atoms with Gasteiger partial charge in [0.2, 0.25) is 15.9 Å². The Balaban J connectivity index is 1.57. The molecule has 31 heavy (non-hydrogen) atoms. The third-order valence-corrected chi connectivity index (χ3v) is 7.62. The number of hydrogen-bond donors (Lipinski definition) is 1. The zero-order valence-corrected chi connectivity index (χ0v) is 18.6. The van der Waals surface area contributed by atoms with Gasteiger partial charge in [0.1, 0.15) is 0 Å². The van der Waals surface area contributed by atoms with E-state index in [2.05, 4.69) is 0 Å². The predicted octanol–water partition coefficient (Wildman–Crippen LogP) is 2.48. The Morgan fingerprint density at radius 1 is 1.06 bits per heavy atom. The number of rotatable bonds is 7. The number of likely N-dealkylation sites (N-methyl/N-ethyl adjacent to an activating group) is 1. The average Bonchev–Trinajstić information content (AvgIpc) is 2.79. The molecule has 0 saturated carbocycles. The summed E-state index contributed by atoms with van der Waals surface area (Å²) in [5, 5.41) is 10.6. The third kappa shape index (κ3) is 5.39.